The number of piperidine rings is 3. The summed E-state index contributed by atoms with van der Waals surface area (Å²) >= 11 is 0. The Kier molecular flexibility index (Phi) is 4.45. The molecule has 0 aromatic rings. The molecule has 0 amide bonds. The second kappa shape index (κ2) is 6.11. The molecule has 0 aromatic heterocycles. The SMILES string of the molecule is CCC1CCN(C2CN3CCC2CC3)CCC(C)N1. The molecule has 0 saturated carbocycles. The molecule has 4 aliphatic rings. The third-order valence-electron chi connectivity index (χ3n) is 5.72. The minimum atomic E-state index is 0.689. The highest BCUT2D eigenvalue weighted by Crippen LogP contribution is 2.31. The first-order valence-corrected chi connectivity index (χ1v) is 8.48. The Balaban J connectivity index is 1.63. The molecule has 4 heterocycles. The maximum atomic E-state index is 3.79. The first-order chi connectivity index (χ1) is 9.26. The smallest absolute Gasteiger partial charge is 0.0252 e. The van der Waals surface area contributed by atoms with E-state index in [-0.39, 0.29) is 0 Å². The number of nitrogens with one attached hydrogen (secondary N) is 1. The van der Waals surface area contributed by atoms with Gasteiger partial charge in [-0.15, -0.1) is 0 Å². The van der Waals surface area contributed by atoms with Crippen LogP contribution in [0.4, 0.5) is 0 Å². The van der Waals surface area contributed by atoms with E-state index in [0.717, 1.165) is 18.0 Å². The Bertz CT molecular complexity index is 286. The molecule has 2 bridgehead atoms. The maximum absolute atomic E-state index is 3.79. The Morgan fingerprint density at radius 3 is 2.37 bits per heavy atom. The first kappa shape index (κ1) is 13.8. The fourth-order valence-corrected chi connectivity index (χ4v) is 4.36. The summed E-state index contributed by atoms with van der Waals surface area (Å²) in [6, 6.07) is 2.29. The van der Waals surface area contributed by atoms with Crippen molar-refractivity contribution in [2.75, 3.05) is 32.7 Å². The van der Waals surface area contributed by atoms with Crippen molar-refractivity contribution in [3.05, 3.63) is 0 Å². The minimum absolute atomic E-state index is 0.689. The van der Waals surface area contributed by atoms with Crippen LogP contribution in [0.1, 0.15) is 46.0 Å². The average Bonchev–Trinajstić information content (AvgIpc) is 2.44. The van der Waals surface area contributed by atoms with Crippen molar-refractivity contribution >= 4 is 0 Å². The molecule has 4 fully saturated rings. The van der Waals surface area contributed by atoms with Gasteiger partial charge in [0.1, 0.15) is 0 Å². The highest BCUT2D eigenvalue weighted by Gasteiger charge is 2.37. The Morgan fingerprint density at radius 2 is 1.74 bits per heavy atom. The zero-order valence-corrected chi connectivity index (χ0v) is 12.8. The second-order valence-corrected chi connectivity index (χ2v) is 6.99. The average molecular weight is 265 g/mol. The van der Waals surface area contributed by atoms with E-state index < -0.39 is 0 Å². The van der Waals surface area contributed by atoms with E-state index in [1.807, 2.05) is 0 Å². The second-order valence-electron chi connectivity index (χ2n) is 6.99. The van der Waals surface area contributed by atoms with Gasteiger partial charge in [0.2, 0.25) is 0 Å². The van der Waals surface area contributed by atoms with Crippen LogP contribution < -0.4 is 5.32 Å². The van der Waals surface area contributed by atoms with E-state index in [1.165, 1.54) is 64.8 Å². The molecule has 1 N–H and O–H groups in total. The monoisotopic (exact) mass is 265 g/mol. The summed E-state index contributed by atoms with van der Waals surface area (Å²) < 4.78 is 0. The van der Waals surface area contributed by atoms with Crippen molar-refractivity contribution in [2.24, 2.45) is 5.92 Å². The van der Waals surface area contributed by atoms with E-state index in [2.05, 4.69) is 29.0 Å². The summed E-state index contributed by atoms with van der Waals surface area (Å²) in [4.78, 5) is 5.54. The molecule has 4 rings (SSSR count). The third kappa shape index (κ3) is 3.14. The largest absolute Gasteiger partial charge is 0.311 e. The van der Waals surface area contributed by atoms with Gasteiger partial charge in [-0.25, -0.2) is 0 Å². The Morgan fingerprint density at radius 1 is 1.00 bits per heavy atom. The molecule has 0 aliphatic carbocycles. The normalized spacial score (nSPS) is 44.8. The van der Waals surface area contributed by atoms with E-state index in [4.69, 9.17) is 0 Å². The molecule has 110 valence electrons. The molecule has 0 spiro atoms. The van der Waals surface area contributed by atoms with E-state index >= 15 is 0 Å². The quantitative estimate of drug-likeness (QED) is 0.823. The maximum Gasteiger partial charge on any atom is 0.0252 e. The molecule has 3 heteroatoms. The molecule has 3 nitrogen and oxygen atoms in total. The van der Waals surface area contributed by atoms with Crippen molar-refractivity contribution in [3.63, 3.8) is 0 Å². The molecule has 19 heavy (non-hydrogen) atoms. The van der Waals surface area contributed by atoms with Crippen LogP contribution in [-0.4, -0.2) is 60.6 Å². The molecule has 4 saturated heterocycles. The van der Waals surface area contributed by atoms with Crippen molar-refractivity contribution < 1.29 is 0 Å². The van der Waals surface area contributed by atoms with Gasteiger partial charge in [-0.3, -0.25) is 4.90 Å². The van der Waals surface area contributed by atoms with Gasteiger partial charge in [0.25, 0.3) is 0 Å². The molecule has 3 unspecified atom stereocenters. The summed E-state index contributed by atoms with van der Waals surface area (Å²) in [5, 5.41) is 3.79. The standard InChI is InChI=1S/C16H31N3/c1-3-15-7-11-19(10-4-13(2)17-15)16-12-18-8-5-14(16)6-9-18/h13-17H,3-12H2,1-2H3. The van der Waals surface area contributed by atoms with Crippen LogP contribution in [-0.2, 0) is 0 Å². The van der Waals surface area contributed by atoms with Gasteiger partial charge in [-0.05, 0) is 71.1 Å². The van der Waals surface area contributed by atoms with Crippen LogP contribution in [0.25, 0.3) is 0 Å². The fraction of sp³-hybridized carbons (Fsp3) is 1.00. The number of nitrogens with zero attached hydrogens (tertiary/aromatic N) is 2. The molecule has 3 atom stereocenters. The summed E-state index contributed by atoms with van der Waals surface area (Å²) in [6.45, 7) is 11.4. The lowest BCUT2D eigenvalue weighted by atomic mass is 9.82. The topological polar surface area (TPSA) is 18.5 Å². The molecular formula is C16H31N3. The first-order valence-electron chi connectivity index (χ1n) is 8.48. The summed E-state index contributed by atoms with van der Waals surface area (Å²) in [7, 11) is 0. The lowest BCUT2D eigenvalue weighted by Crippen LogP contribution is -2.59. The van der Waals surface area contributed by atoms with Gasteiger partial charge in [0, 0.05) is 24.7 Å². The molecule has 0 aromatic carbocycles. The Hall–Kier alpha value is -0.120. The number of hydrogen-bond donors (Lipinski definition) is 1. The summed E-state index contributed by atoms with van der Waals surface area (Å²) in [5.41, 5.74) is 0. The molecule has 4 aliphatic heterocycles. The van der Waals surface area contributed by atoms with Crippen LogP contribution in [0.15, 0.2) is 0 Å². The minimum Gasteiger partial charge on any atom is -0.311 e. The third-order valence-corrected chi connectivity index (χ3v) is 5.72. The van der Waals surface area contributed by atoms with Gasteiger partial charge in [0.15, 0.2) is 0 Å². The lowest BCUT2D eigenvalue weighted by Gasteiger charge is -2.50. The number of hydrogen-bond acceptors (Lipinski definition) is 3. The van der Waals surface area contributed by atoms with Crippen molar-refractivity contribution in [2.45, 2.75) is 64.1 Å². The zero-order valence-electron chi connectivity index (χ0n) is 12.8. The van der Waals surface area contributed by atoms with Crippen molar-refractivity contribution in [1.29, 1.82) is 0 Å². The summed E-state index contributed by atoms with van der Waals surface area (Å²) in [5.74, 6) is 0.993. The van der Waals surface area contributed by atoms with E-state index in [0.29, 0.717) is 6.04 Å². The van der Waals surface area contributed by atoms with Crippen LogP contribution in [0.3, 0.4) is 0 Å². The molecular weight excluding hydrogens is 234 g/mol. The zero-order chi connectivity index (χ0) is 13.2. The lowest BCUT2D eigenvalue weighted by molar-refractivity contribution is -0.000613. The van der Waals surface area contributed by atoms with Crippen LogP contribution in [0.5, 0.6) is 0 Å². The van der Waals surface area contributed by atoms with Crippen LogP contribution in [0, 0.1) is 5.92 Å². The van der Waals surface area contributed by atoms with E-state index in [9.17, 15) is 0 Å². The predicted octanol–water partition coefficient (Wildman–Crippen LogP) is 1.93. The van der Waals surface area contributed by atoms with Gasteiger partial charge >= 0.3 is 0 Å². The van der Waals surface area contributed by atoms with Crippen molar-refractivity contribution in [3.8, 4) is 0 Å². The van der Waals surface area contributed by atoms with Gasteiger partial charge in [-0.2, -0.15) is 0 Å². The van der Waals surface area contributed by atoms with E-state index in [1.54, 1.807) is 0 Å². The van der Waals surface area contributed by atoms with Crippen molar-refractivity contribution in [1.82, 2.24) is 15.1 Å². The molecule has 0 radical (unpaired) electrons. The van der Waals surface area contributed by atoms with Gasteiger partial charge < -0.3 is 10.2 Å². The van der Waals surface area contributed by atoms with Gasteiger partial charge in [0.05, 0.1) is 0 Å². The Labute approximate surface area is 118 Å². The fourth-order valence-electron chi connectivity index (χ4n) is 4.36. The van der Waals surface area contributed by atoms with Crippen LogP contribution in [0.2, 0.25) is 0 Å². The number of rotatable bonds is 2. The highest BCUT2D eigenvalue weighted by molar-refractivity contribution is 4.93. The number of fused-ring (bicyclic) bond motifs is 3. The van der Waals surface area contributed by atoms with Gasteiger partial charge in [-0.1, -0.05) is 6.92 Å². The summed E-state index contributed by atoms with van der Waals surface area (Å²) in [6.07, 6.45) is 6.83. The van der Waals surface area contributed by atoms with Crippen LogP contribution >= 0.6 is 0 Å². The predicted molar refractivity (Wildman–Crippen MR) is 80.4 cm³/mol. The highest BCUT2D eigenvalue weighted by atomic mass is 15.3.